The Morgan fingerprint density at radius 1 is 0.559 bits per heavy atom. The SMILES string of the molecule is CC1CCC(C2CCC(/C=C/C3CCC(C4CCC(/C(F)=C/C(F)(F)F)CC4)CC3)CC2)CC1. The summed E-state index contributed by atoms with van der Waals surface area (Å²) in [4.78, 5) is 0. The van der Waals surface area contributed by atoms with Crippen LogP contribution in [0.3, 0.4) is 0 Å². The van der Waals surface area contributed by atoms with Crippen LogP contribution in [0, 0.1) is 47.3 Å². The zero-order chi connectivity index (χ0) is 24.1. The Kier molecular flexibility index (Phi) is 9.24. The quantitative estimate of drug-likeness (QED) is 0.270. The molecule has 0 atom stereocenters. The molecule has 0 unspecified atom stereocenters. The summed E-state index contributed by atoms with van der Waals surface area (Å²) in [7, 11) is 0. The molecule has 4 rings (SSSR count). The number of alkyl halides is 3. The van der Waals surface area contributed by atoms with Crippen molar-refractivity contribution >= 4 is 0 Å². The Balaban J connectivity index is 1.13. The molecule has 4 aliphatic rings. The monoisotopic (exact) mass is 482 g/mol. The molecule has 0 amide bonds. The first-order chi connectivity index (χ1) is 16.3. The summed E-state index contributed by atoms with van der Waals surface area (Å²) >= 11 is 0. The lowest BCUT2D eigenvalue weighted by Gasteiger charge is -2.37. The van der Waals surface area contributed by atoms with Crippen molar-refractivity contribution in [3.05, 3.63) is 24.1 Å². The average Bonchev–Trinajstić information content (AvgIpc) is 2.83. The van der Waals surface area contributed by atoms with Crippen molar-refractivity contribution in [1.29, 1.82) is 0 Å². The topological polar surface area (TPSA) is 0 Å². The molecule has 0 saturated heterocycles. The third-order valence-electron chi connectivity index (χ3n) is 10.1. The van der Waals surface area contributed by atoms with E-state index in [-0.39, 0.29) is 6.08 Å². The molecule has 0 heterocycles. The molecular formula is C30H46F4. The van der Waals surface area contributed by atoms with Crippen LogP contribution in [0.15, 0.2) is 24.1 Å². The molecule has 0 nitrogen and oxygen atoms in total. The zero-order valence-electron chi connectivity index (χ0n) is 21.2. The van der Waals surface area contributed by atoms with Crippen molar-refractivity contribution in [2.75, 3.05) is 0 Å². The van der Waals surface area contributed by atoms with Gasteiger partial charge in [0.1, 0.15) is 5.83 Å². The van der Waals surface area contributed by atoms with Crippen molar-refractivity contribution < 1.29 is 17.6 Å². The van der Waals surface area contributed by atoms with E-state index in [0.29, 0.717) is 30.6 Å². The highest BCUT2D eigenvalue weighted by Crippen LogP contribution is 2.45. The maximum absolute atomic E-state index is 13.9. The first kappa shape index (κ1) is 26.3. The predicted octanol–water partition coefficient (Wildman–Crippen LogP) is 10.2. The summed E-state index contributed by atoms with van der Waals surface area (Å²) in [5.74, 6) is 4.22. The molecule has 4 fully saturated rings. The maximum atomic E-state index is 13.9. The van der Waals surface area contributed by atoms with E-state index in [1.54, 1.807) is 0 Å². The normalized spacial score (nSPS) is 41.0. The first-order valence-corrected chi connectivity index (χ1v) is 14.4. The molecule has 0 aromatic rings. The van der Waals surface area contributed by atoms with Crippen LogP contribution < -0.4 is 0 Å². The number of allylic oxidation sites excluding steroid dienone is 4. The Morgan fingerprint density at radius 3 is 1.29 bits per heavy atom. The number of hydrogen-bond acceptors (Lipinski definition) is 0. The molecule has 4 aliphatic carbocycles. The van der Waals surface area contributed by atoms with Crippen LogP contribution in [0.2, 0.25) is 0 Å². The molecule has 0 N–H and O–H groups in total. The second kappa shape index (κ2) is 12.0. The summed E-state index contributed by atoms with van der Waals surface area (Å²) in [5.41, 5.74) is 0. The molecular weight excluding hydrogens is 436 g/mol. The van der Waals surface area contributed by atoms with Crippen molar-refractivity contribution in [1.82, 2.24) is 0 Å². The van der Waals surface area contributed by atoms with Gasteiger partial charge in [-0.1, -0.05) is 31.9 Å². The van der Waals surface area contributed by atoms with Crippen LogP contribution in [-0.4, -0.2) is 6.18 Å². The third kappa shape index (κ3) is 7.60. The first-order valence-electron chi connectivity index (χ1n) is 14.4. The summed E-state index contributed by atoms with van der Waals surface area (Å²) < 4.78 is 51.2. The smallest absolute Gasteiger partial charge is 0.212 e. The molecule has 194 valence electrons. The minimum atomic E-state index is -4.54. The van der Waals surface area contributed by atoms with E-state index in [1.807, 2.05) is 0 Å². The van der Waals surface area contributed by atoms with Gasteiger partial charge in [-0.15, -0.1) is 0 Å². The number of rotatable bonds is 5. The molecule has 0 aromatic heterocycles. The van der Waals surface area contributed by atoms with E-state index >= 15 is 0 Å². The summed E-state index contributed by atoms with van der Waals surface area (Å²) in [6.07, 6.45) is 19.7. The van der Waals surface area contributed by atoms with Gasteiger partial charge in [-0.2, -0.15) is 13.2 Å². The molecule has 0 aromatic carbocycles. The minimum absolute atomic E-state index is 0.127. The number of halogens is 4. The van der Waals surface area contributed by atoms with Gasteiger partial charge in [0.05, 0.1) is 6.08 Å². The van der Waals surface area contributed by atoms with Crippen LogP contribution in [0.4, 0.5) is 17.6 Å². The van der Waals surface area contributed by atoms with Gasteiger partial charge in [0.25, 0.3) is 0 Å². The standard InChI is InChI=1S/C30H46F4/c1-21-2-10-24(11-3-21)25-12-6-22(7-13-25)4-5-23-8-14-26(15-9-23)27-16-18-28(19-17-27)29(31)20-30(32,33)34/h4-5,20-28H,2-3,6-19H2,1H3/b5-4+,29-20-. The lowest BCUT2D eigenvalue weighted by atomic mass is 9.68. The second-order valence-corrected chi connectivity index (χ2v) is 12.4. The number of hydrogen-bond donors (Lipinski definition) is 0. The van der Waals surface area contributed by atoms with E-state index in [1.165, 1.54) is 77.0 Å². The van der Waals surface area contributed by atoms with Crippen molar-refractivity contribution in [2.24, 2.45) is 47.3 Å². The van der Waals surface area contributed by atoms with Crippen LogP contribution in [0.1, 0.15) is 110 Å². The zero-order valence-corrected chi connectivity index (χ0v) is 21.2. The molecule has 0 radical (unpaired) electrons. The minimum Gasteiger partial charge on any atom is -0.212 e. The highest BCUT2D eigenvalue weighted by atomic mass is 19.4. The van der Waals surface area contributed by atoms with Gasteiger partial charge in [-0.3, -0.25) is 0 Å². The second-order valence-electron chi connectivity index (χ2n) is 12.4. The molecule has 0 bridgehead atoms. The summed E-state index contributed by atoms with van der Waals surface area (Å²) in [6.45, 7) is 2.41. The molecule has 0 aliphatic heterocycles. The van der Waals surface area contributed by atoms with E-state index in [4.69, 9.17) is 0 Å². The van der Waals surface area contributed by atoms with Crippen LogP contribution in [-0.2, 0) is 0 Å². The third-order valence-corrected chi connectivity index (χ3v) is 10.1. The lowest BCUT2D eigenvalue weighted by molar-refractivity contribution is -0.0821. The lowest BCUT2D eigenvalue weighted by Crippen LogP contribution is -2.26. The largest absolute Gasteiger partial charge is 0.412 e. The van der Waals surface area contributed by atoms with Gasteiger partial charge in [-0.05, 0) is 131 Å². The van der Waals surface area contributed by atoms with Crippen LogP contribution >= 0.6 is 0 Å². The van der Waals surface area contributed by atoms with Gasteiger partial charge >= 0.3 is 6.18 Å². The maximum Gasteiger partial charge on any atom is 0.412 e. The summed E-state index contributed by atoms with van der Waals surface area (Å²) in [5, 5.41) is 0. The van der Waals surface area contributed by atoms with Crippen molar-refractivity contribution in [2.45, 2.75) is 116 Å². The van der Waals surface area contributed by atoms with E-state index in [9.17, 15) is 17.6 Å². The Morgan fingerprint density at radius 2 is 0.912 bits per heavy atom. The van der Waals surface area contributed by atoms with Gasteiger partial charge in [0, 0.05) is 5.92 Å². The fourth-order valence-electron chi connectivity index (χ4n) is 7.83. The molecule has 4 saturated carbocycles. The van der Waals surface area contributed by atoms with Crippen molar-refractivity contribution in [3.8, 4) is 0 Å². The average molecular weight is 483 g/mol. The molecule has 34 heavy (non-hydrogen) atoms. The van der Waals surface area contributed by atoms with Gasteiger partial charge in [0.15, 0.2) is 0 Å². The van der Waals surface area contributed by atoms with Gasteiger partial charge < -0.3 is 0 Å². The van der Waals surface area contributed by atoms with Gasteiger partial charge in [0.2, 0.25) is 0 Å². The summed E-state index contributed by atoms with van der Waals surface area (Å²) in [6, 6.07) is 0. The van der Waals surface area contributed by atoms with E-state index in [2.05, 4.69) is 19.1 Å². The molecule has 0 spiro atoms. The Hall–Kier alpha value is -0.800. The fraction of sp³-hybridized carbons (Fsp3) is 0.867. The van der Waals surface area contributed by atoms with E-state index in [0.717, 1.165) is 36.5 Å². The van der Waals surface area contributed by atoms with Crippen molar-refractivity contribution in [3.63, 3.8) is 0 Å². The Bertz CT molecular complexity index is 660. The highest BCUT2D eigenvalue weighted by Gasteiger charge is 2.34. The Labute approximate surface area is 205 Å². The fourth-order valence-corrected chi connectivity index (χ4v) is 7.83. The van der Waals surface area contributed by atoms with E-state index < -0.39 is 17.9 Å². The highest BCUT2D eigenvalue weighted by molar-refractivity contribution is 5.03. The van der Waals surface area contributed by atoms with Crippen LogP contribution in [0.25, 0.3) is 0 Å². The van der Waals surface area contributed by atoms with Gasteiger partial charge in [-0.25, -0.2) is 4.39 Å². The predicted molar refractivity (Wildman–Crippen MR) is 132 cm³/mol. The van der Waals surface area contributed by atoms with Crippen LogP contribution in [0.5, 0.6) is 0 Å². The molecule has 4 heteroatoms.